The molecule has 0 fully saturated rings. The molecule has 3 N–H and O–H groups in total. The average Bonchev–Trinajstić information content (AvgIpc) is 3.01. The molecule has 0 aliphatic carbocycles. The van der Waals surface area contributed by atoms with Crippen LogP contribution in [0.3, 0.4) is 0 Å². The number of anilines is 1. The van der Waals surface area contributed by atoms with Crippen LogP contribution < -0.4 is 11.3 Å². The van der Waals surface area contributed by atoms with E-state index < -0.39 is 0 Å². The van der Waals surface area contributed by atoms with Crippen molar-refractivity contribution < 1.29 is 5.11 Å². The molecule has 0 bridgehead atoms. The van der Waals surface area contributed by atoms with E-state index in [0.717, 1.165) is 10.8 Å². The van der Waals surface area contributed by atoms with Crippen molar-refractivity contribution in [2.24, 2.45) is 0 Å². The molecular weight excluding hydrogens is 310 g/mol. The maximum absolute atomic E-state index is 12.3. The number of benzene rings is 2. The van der Waals surface area contributed by atoms with Crippen LogP contribution in [-0.2, 0) is 6.42 Å². The van der Waals surface area contributed by atoms with E-state index in [1.807, 2.05) is 35.7 Å². The molecule has 2 aromatic heterocycles. The number of rotatable bonds is 2. The summed E-state index contributed by atoms with van der Waals surface area (Å²) in [4.78, 5) is 17.0. The van der Waals surface area contributed by atoms with Gasteiger partial charge in [0.2, 0.25) is 0 Å². The fourth-order valence-electron chi connectivity index (χ4n) is 2.80. The fraction of sp³-hybridized carbons (Fsp3) is 0.0588. The number of nitrogens with two attached hydrogens (primary N) is 1. The molecule has 0 saturated heterocycles. The van der Waals surface area contributed by atoms with Gasteiger partial charge in [0.15, 0.2) is 4.96 Å². The SMILES string of the molecule is Nc1c(Cc2c(O)ccc3ccccc23)c(=O)nc2sccn12. The van der Waals surface area contributed by atoms with Gasteiger partial charge in [-0.2, -0.15) is 4.98 Å². The van der Waals surface area contributed by atoms with E-state index in [1.165, 1.54) is 11.3 Å². The molecule has 0 aliphatic rings. The number of hydrogen-bond acceptors (Lipinski definition) is 5. The second-order valence-corrected chi connectivity index (χ2v) is 6.17. The van der Waals surface area contributed by atoms with Crippen molar-refractivity contribution >= 4 is 32.9 Å². The molecule has 0 amide bonds. The van der Waals surface area contributed by atoms with Gasteiger partial charge < -0.3 is 10.8 Å². The minimum Gasteiger partial charge on any atom is -0.508 e. The van der Waals surface area contributed by atoms with Gasteiger partial charge in [0, 0.05) is 23.6 Å². The summed E-state index contributed by atoms with van der Waals surface area (Å²) in [6, 6.07) is 11.2. The van der Waals surface area contributed by atoms with Gasteiger partial charge >= 0.3 is 0 Å². The van der Waals surface area contributed by atoms with Gasteiger partial charge in [-0.1, -0.05) is 30.3 Å². The molecule has 0 radical (unpaired) electrons. The summed E-state index contributed by atoms with van der Waals surface area (Å²) in [6.07, 6.45) is 2.03. The number of thiazole rings is 1. The maximum Gasteiger partial charge on any atom is 0.279 e. The minimum absolute atomic E-state index is 0.151. The monoisotopic (exact) mass is 323 g/mol. The topological polar surface area (TPSA) is 80.6 Å². The van der Waals surface area contributed by atoms with Gasteiger partial charge in [0.25, 0.3) is 5.56 Å². The Morgan fingerprint density at radius 2 is 2.00 bits per heavy atom. The largest absolute Gasteiger partial charge is 0.508 e. The van der Waals surface area contributed by atoms with Crippen molar-refractivity contribution in [3.63, 3.8) is 0 Å². The first kappa shape index (κ1) is 13.8. The summed E-state index contributed by atoms with van der Waals surface area (Å²) in [5.74, 6) is 0.520. The average molecular weight is 323 g/mol. The number of hydrogen-bond donors (Lipinski definition) is 2. The summed E-state index contributed by atoms with van der Waals surface area (Å²) >= 11 is 1.36. The predicted molar refractivity (Wildman–Crippen MR) is 92.2 cm³/mol. The van der Waals surface area contributed by atoms with Gasteiger partial charge in [-0.3, -0.25) is 9.20 Å². The molecule has 4 aromatic rings. The number of fused-ring (bicyclic) bond motifs is 2. The third-order valence-corrected chi connectivity index (χ3v) is 4.74. The number of phenols is 1. The zero-order valence-corrected chi connectivity index (χ0v) is 12.9. The van der Waals surface area contributed by atoms with Crippen LogP contribution in [0.2, 0.25) is 0 Å². The highest BCUT2D eigenvalue weighted by molar-refractivity contribution is 7.15. The molecule has 5 nitrogen and oxygen atoms in total. The van der Waals surface area contributed by atoms with Crippen LogP contribution in [0.15, 0.2) is 52.8 Å². The molecule has 0 unspecified atom stereocenters. The molecule has 0 aliphatic heterocycles. The number of nitrogens with zero attached hydrogens (tertiary/aromatic N) is 2. The summed E-state index contributed by atoms with van der Waals surface area (Å²) in [5, 5.41) is 14.0. The number of aromatic hydroxyl groups is 1. The van der Waals surface area contributed by atoms with Gasteiger partial charge in [-0.15, -0.1) is 11.3 Å². The maximum atomic E-state index is 12.3. The van der Waals surface area contributed by atoms with Crippen molar-refractivity contribution in [1.82, 2.24) is 9.38 Å². The summed E-state index contributed by atoms with van der Waals surface area (Å²) in [5.41, 5.74) is 6.88. The molecule has 0 atom stereocenters. The molecule has 0 saturated carbocycles. The Hall–Kier alpha value is -2.86. The highest BCUT2D eigenvalue weighted by atomic mass is 32.1. The Balaban J connectivity index is 1.95. The van der Waals surface area contributed by atoms with Crippen molar-refractivity contribution in [1.29, 1.82) is 0 Å². The molecule has 2 aromatic carbocycles. The van der Waals surface area contributed by atoms with Crippen molar-refractivity contribution in [3.8, 4) is 5.75 Å². The molecule has 4 rings (SSSR count). The second-order valence-electron chi connectivity index (χ2n) is 5.30. The van der Waals surface area contributed by atoms with E-state index in [2.05, 4.69) is 4.98 Å². The molecule has 0 spiro atoms. The van der Waals surface area contributed by atoms with Crippen LogP contribution in [-0.4, -0.2) is 14.5 Å². The molecule has 2 heterocycles. The molecule has 6 heteroatoms. The van der Waals surface area contributed by atoms with Gasteiger partial charge in [-0.05, 0) is 16.8 Å². The predicted octanol–water partition coefficient (Wildman–Crippen LogP) is 2.79. The smallest absolute Gasteiger partial charge is 0.279 e. The lowest BCUT2D eigenvalue weighted by Gasteiger charge is -2.11. The quantitative estimate of drug-likeness (QED) is 0.594. The van der Waals surface area contributed by atoms with E-state index in [1.54, 1.807) is 16.7 Å². The summed E-state index contributed by atoms with van der Waals surface area (Å²) in [6.45, 7) is 0. The minimum atomic E-state index is -0.350. The second kappa shape index (κ2) is 5.10. The lowest BCUT2D eigenvalue weighted by molar-refractivity contribution is 0.470. The van der Waals surface area contributed by atoms with E-state index >= 15 is 0 Å². The van der Waals surface area contributed by atoms with Crippen LogP contribution in [0, 0.1) is 0 Å². The number of phenolic OH excluding ortho intramolecular Hbond substituents is 1. The summed E-state index contributed by atoms with van der Waals surface area (Å²) < 4.78 is 1.70. The first-order valence-electron chi connectivity index (χ1n) is 7.09. The van der Waals surface area contributed by atoms with Gasteiger partial charge in [0.1, 0.15) is 11.6 Å². The van der Waals surface area contributed by atoms with Crippen LogP contribution >= 0.6 is 11.3 Å². The van der Waals surface area contributed by atoms with Crippen molar-refractivity contribution in [2.45, 2.75) is 6.42 Å². The van der Waals surface area contributed by atoms with Crippen LogP contribution in [0.25, 0.3) is 15.7 Å². The first-order chi connectivity index (χ1) is 11.1. The van der Waals surface area contributed by atoms with Gasteiger partial charge in [-0.25, -0.2) is 0 Å². The van der Waals surface area contributed by atoms with E-state index in [-0.39, 0.29) is 17.7 Å². The lowest BCUT2D eigenvalue weighted by Crippen LogP contribution is -2.18. The Kier molecular flexibility index (Phi) is 3.06. The number of nitrogen functional groups attached to an aromatic ring is 1. The Morgan fingerprint density at radius 1 is 1.17 bits per heavy atom. The van der Waals surface area contributed by atoms with Crippen LogP contribution in [0.5, 0.6) is 5.75 Å². The molecule has 23 heavy (non-hydrogen) atoms. The number of aromatic nitrogens is 2. The van der Waals surface area contributed by atoms with E-state index in [0.29, 0.717) is 21.9 Å². The van der Waals surface area contributed by atoms with Crippen molar-refractivity contribution in [2.75, 3.05) is 5.73 Å². The third kappa shape index (κ3) is 2.15. The Bertz CT molecular complexity index is 1100. The van der Waals surface area contributed by atoms with E-state index in [9.17, 15) is 9.90 Å². The Morgan fingerprint density at radius 3 is 2.87 bits per heavy atom. The molecule has 114 valence electrons. The first-order valence-corrected chi connectivity index (χ1v) is 7.97. The Labute approximate surface area is 135 Å². The fourth-order valence-corrected chi connectivity index (χ4v) is 3.51. The van der Waals surface area contributed by atoms with E-state index in [4.69, 9.17) is 5.73 Å². The lowest BCUT2D eigenvalue weighted by atomic mass is 9.98. The summed E-state index contributed by atoms with van der Waals surface area (Å²) in [7, 11) is 0. The highest BCUT2D eigenvalue weighted by Crippen LogP contribution is 2.30. The zero-order valence-electron chi connectivity index (χ0n) is 12.1. The van der Waals surface area contributed by atoms with Gasteiger partial charge in [0.05, 0.1) is 5.56 Å². The van der Waals surface area contributed by atoms with Crippen molar-refractivity contribution in [3.05, 3.63) is 69.5 Å². The van der Waals surface area contributed by atoms with Crippen LogP contribution in [0.4, 0.5) is 5.82 Å². The zero-order chi connectivity index (χ0) is 16.0. The van der Waals surface area contributed by atoms with Crippen LogP contribution in [0.1, 0.15) is 11.1 Å². The normalized spacial score (nSPS) is 11.3. The third-order valence-electron chi connectivity index (χ3n) is 3.98. The standard InChI is InChI=1S/C17H13N3O2S/c18-15-13(16(22)19-17-20(15)7-8-23-17)9-12-11-4-2-1-3-10(11)5-6-14(12)21/h1-8,21H,9,18H2. The molecular formula is C17H13N3O2S. The highest BCUT2D eigenvalue weighted by Gasteiger charge is 2.15.